The number of nitrogens with two attached hydrogens (primary N) is 1. The van der Waals surface area contributed by atoms with Crippen molar-refractivity contribution in [3.05, 3.63) is 47.9 Å². The van der Waals surface area contributed by atoms with Gasteiger partial charge in [-0.1, -0.05) is 23.9 Å². The second kappa shape index (κ2) is 4.85. The minimum atomic E-state index is -0.311. The summed E-state index contributed by atoms with van der Waals surface area (Å²) in [6.07, 6.45) is 0. The fourth-order valence-corrected chi connectivity index (χ4v) is 2.05. The number of benzene rings is 1. The Morgan fingerprint density at radius 1 is 1.24 bits per heavy atom. The Balaban J connectivity index is 2.32. The Bertz CT molecular complexity index is 593. The van der Waals surface area contributed by atoms with Gasteiger partial charge in [0, 0.05) is 4.90 Å². The van der Waals surface area contributed by atoms with Crippen LogP contribution in [0.15, 0.2) is 46.3 Å². The third-order valence-corrected chi connectivity index (χ3v) is 3.05. The van der Waals surface area contributed by atoms with Crippen LogP contribution in [0.2, 0.25) is 0 Å². The van der Waals surface area contributed by atoms with Crippen LogP contribution in [0, 0.1) is 17.1 Å². The molecule has 5 heteroatoms. The summed E-state index contributed by atoms with van der Waals surface area (Å²) in [5.41, 5.74) is 6.04. The van der Waals surface area contributed by atoms with Gasteiger partial charge < -0.3 is 5.73 Å². The number of hydrogen-bond donors (Lipinski definition) is 1. The molecule has 0 fully saturated rings. The van der Waals surface area contributed by atoms with Crippen molar-refractivity contribution in [3.8, 4) is 6.07 Å². The van der Waals surface area contributed by atoms with Crippen LogP contribution in [0.4, 0.5) is 10.1 Å². The van der Waals surface area contributed by atoms with Gasteiger partial charge in [-0.2, -0.15) is 5.26 Å². The van der Waals surface area contributed by atoms with Crippen molar-refractivity contribution in [3.63, 3.8) is 0 Å². The molecule has 0 aliphatic rings. The Morgan fingerprint density at radius 2 is 2.00 bits per heavy atom. The van der Waals surface area contributed by atoms with Crippen LogP contribution in [-0.4, -0.2) is 4.98 Å². The lowest BCUT2D eigenvalue weighted by Gasteiger charge is -2.03. The molecule has 17 heavy (non-hydrogen) atoms. The standard InChI is InChI=1S/C12H8FN3S/c13-8-3-1-2-4-11(8)17-12-6-5-9(15)10(7-14)16-12/h1-6H,15H2. The number of nitriles is 1. The Hall–Kier alpha value is -2.06. The third-order valence-electron chi connectivity index (χ3n) is 2.06. The number of pyridine rings is 1. The van der Waals surface area contributed by atoms with Crippen molar-refractivity contribution >= 4 is 17.4 Å². The predicted octanol–water partition coefficient (Wildman–Crippen LogP) is 2.83. The molecule has 1 aromatic carbocycles. The summed E-state index contributed by atoms with van der Waals surface area (Å²) in [5.74, 6) is -0.311. The van der Waals surface area contributed by atoms with E-state index >= 15 is 0 Å². The highest BCUT2D eigenvalue weighted by atomic mass is 32.2. The van der Waals surface area contributed by atoms with E-state index in [-0.39, 0.29) is 11.5 Å². The third kappa shape index (κ3) is 2.55. The van der Waals surface area contributed by atoms with E-state index in [1.807, 2.05) is 6.07 Å². The Morgan fingerprint density at radius 3 is 2.71 bits per heavy atom. The monoisotopic (exact) mass is 245 g/mol. The van der Waals surface area contributed by atoms with Gasteiger partial charge >= 0.3 is 0 Å². The maximum atomic E-state index is 13.4. The van der Waals surface area contributed by atoms with Crippen LogP contribution in [0.3, 0.4) is 0 Å². The Kier molecular flexibility index (Phi) is 3.26. The van der Waals surface area contributed by atoms with Crippen molar-refractivity contribution in [1.29, 1.82) is 5.26 Å². The smallest absolute Gasteiger partial charge is 0.164 e. The molecule has 0 amide bonds. The fraction of sp³-hybridized carbons (Fsp3) is 0. The van der Waals surface area contributed by atoms with Crippen molar-refractivity contribution < 1.29 is 4.39 Å². The summed E-state index contributed by atoms with van der Waals surface area (Å²) in [6.45, 7) is 0. The van der Waals surface area contributed by atoms with Crippen LogP contribution < -0.4 is 5.73 Å². The number of nitrogens with zero attached hydrogens (tertiary/aromatic N) is 2. The Labute approximate surface area is 102 Å². The molecule has 0 bridgehead atoms. The van der Waals surface area contributed by atoms with Gasteiger partial charge in [-0.15, -0.1) is 0 Å². The lowest BCUT2D eigenvalue weighted by atomic mass is 10.3. The van der Waals surface area contributed by atoms with E-state index in [0.29, 0.717) is 15.6 Å². The molecule has 0 atom stereocenters. The number of nitrogen functional groups attached to an aromatic ring is 1. The SMILES string of the molecule is N#Cc1nc(Sc2ccccc2F)ccc1N. The molecular formula is C12H8FN3S. The van der Waals surface area contributed by atoms with Gasteiger partial charge in [0.15, 0.2) is 5.69 Å². The second-order valence-corrected chi connectivity index (χ2v) is 4.29. The molecule has 2 aromatic rings. The van der Waals surface area contributed by atoms with E-state index in [1.165, 1.54) is 6.07 Å². The molecule has 2 rings (SSSR count). The highest BCUT2D eigenvalue weighted by molar-refractivity contribution is 7.99. The van der Waals surface area contributed by atoms with E-state index in [1.54, 1.807) is 30.3 Å². The van der Waals surface area contributed by atoms with Gasteiger partial charge in [-0.3, -0.25) is 0 Å². The van der Waals surface area contributed by atoms with Crippen molar-refractivity contribution in [2.45, 2.75) is 9.92 Å². The van der Waals surface area contributed by atoms with Crippen molar-refractivity contribution in [2.24, 2.45) is 0 Å². The average Bonchev–Trinajstić information content (AvgIpc) is 2.34. The van der Waals surface area contributed by atoms with Gasteiger partial charge in [0.25, 0.3) is 0 Å². The number of rotatable bonds is 2. The van der Waals surface area contributed by atoms with Gasteiger partial charge in [-0.05, 0) is 24.3 Å². The molecular weight excluding hydrogens is 237 g/mol. The van der Waals surface area contributed by atoms with E-state index < -0.39 is 0 Å². The zero-order chi connectivity index (χ0) is 12.3. The summed E-state index contributed by atoms with van der Waals surface area (Å²) in [6, 6.07) is 11.5. The van der Waals surface area contributed by atoms with Crippen LogP contribution in [0.25, 0.3) is 0 Å². The molecule has 1 aromatic heterocycles. The molecule has 0 unspecified atom stereocenters. The number of aromatic nitrogens is 1. The molecule has 0 spiro atoms. The van der Waals surface area contributed by atoms with Crippen LogP contribution in [0.5, 0.6) is 0 Å². The molecule has 0 radical (unpaired) electrons. The molecule has 1 heterocycles. The molecule has 3 nitrogen and oxygen atoms in total. The highest BCUT2D eigenvalue weighted by Gasteiger charge is 2.06. The molecule has 0 saturated carbocycles. The highest BCUT2D eigenvalue weighted by Crippen LogP contribution is 2.29. The minimum Gasteiger partial charge on any atom is -0.396 e. The van der Waals surface area contributed by atoms with E-state index in [9.17, 15) is 4.39 Å². The van der Waals surface area contributed by atoms with E-state index in [4.69, 9.17) is 11.0 Å². The van der Waals surface area contributed by atoms with Crippen LogP contribution >= 0.6 is 11.8 Å². The van der Waals surface area contributed by atoms with E-state index in [0.717, 1.165) is 11.8 Å². The average molecular weight is 245 g/mol. The van der Waals surface area contributed by atoms with Gasteiger partial charge in [0.05, 0.1) is 5.69 Å². The first-order chi connectivity index (χ1) is 8.20. The number of hydrogen-bond acceptors (Lipinski definition) is 4. The lowest BCUT2D eigenvalue weighted by Crippen LogP contribution is -1.94. The predicted molar refractivity (Wildman–Crippen MR) is 63.9 cm³/mol. The summed E-state index contributed by atoms with van der Waals surface area (Å²) >= 11 is 1.16. The molecule has 84 valence electrons. The molecule has 0 aliphatic heterocycles. The van der Waals surface area contributed by atoms with Gasteiger partial charge in [-0.25, -0.2) is 9.37 Å². The summed E-state index contributed by atoms with van der Waals surface area (Å²) < 4.78 is 13.4. The first-order valence-corrected chi connectivity index (χ1v) is 5.61. The fourth-order valence-electron chi connectivity index (χ4n) is 1.24. The van der Waals surface area contributed by atoms with Gasteiger partial charge in [0.1, 0.15) is 16.9 Å². The van der Waals surface area contributed by atoms with E-state index in [2.05, 4.69) is 4.98 Å². The topological polar surface area (TPSA) is 62.7 Å². The normalized spacial score (nSPS) is 9.88. The molecule has 2 N–H and O–H groups in total. The quantitative estimate of drug-likeness (QED) is 0.883. The minimum absolute atomic E-state index is 0.159. The number of anilines is 1. The lowest BCUT2D eigenvalue weighted by molar-refractivity contribution is 0.602. The largest absolute Gasteiger partial charge is 0.396 e. The number of halogens is 1. The maximum Gasteiger partial charge on any atom is 0.164 e. The van der Waals surface area contributed by atoms with Crippen LogP contribution in [0.1, 0.15) is 5.69 Å². The second-order valence-electron chi connectivity index (χ2n) is 3.23. The van der Waals surface area contributed by atoms with Crippen LogP contribution in [-0.2, 0) is 0 Å². The zero-order valence-electron chi connectivity index (χ0n) is 8.72. The summed E-state index contributed by atoms with van der Waals surface area (Å²) in [4.78, 5) is 4.50. The first-order valence-electron chi connectivity index (χ1n) is 4.79. The zero-order valence-corrected chi connectivity index (χ0v) is 9.54. The maximum absolute atomic E-state index is 13.4. The van der Waals surface area contributed by atoms with Crippen molar-refractivity contribution in [1.82, 2.24) is 4.98 Å². The summed E-state index contributed by atoms with van der Waals surface area (Å²) in [5, 5.41) is 9.33. The van der Waals surface area contributed by atoms with Crippen molar-refractivity contribution in [2.75, 3.05) is 5.73 Å². The molecule has 0 aliphatic carbocycles. The molecule has 0 saturated heterocycles. The van der Waals surface area contributed by atoms with Gasteiger partial charge in [0.2, 0.25) is 0 Å². The first kappa shape index (κ1) is 11.4. The summed E-state index contributed by atoms with van der Waals surface area (Å²) in [7, 11) is 0.